The zero-order valence-electron chi connectivity index (χ0n) is 10.9. The van der Waals surface area contributed by atoms with Gasteiger partial charge in [-0.05, 0) is 12.1 Å². The number of rotatable bonds is 3. The van der Waals surface area contributed by atoms with Crippen molar-refractivity contribution >= 4 is 11.4 Å². The van der Waals surface area contributed by atoms with Gasteiger partial charge in [-0.3, -0.25) is 0 Å². The number of fused-ring (bicyclic) bond motifs is 1. The second kappa shape index (κ2) is 4.45. The molecule has 0 atom stereocenters. The summed E-state index contributed by atoms with van der Waals surface area (Å²) in [5, 5.41) is 0. The molecule has 2 N–H and O–H groups in total. The van der Waals surface area contributed by atoms with E-state index in [0.29, 0.717) is 0 Å². The molecule has 17 heavy (non-hydrogen) atoms. The molecule has 0 spiro atoms. The van der Waals surface area contributed by atoms with E-state index in [1.54, 1.807) is 0 Å². The lowest BCUT2D eigenvalue weighted by Crippen LogP contribution is -2.44. The molecule has 0 bridgehead atoms. The van der Waals surface area contributed by atoms with Crippen LogP contribution in [0.25, 0.3) is 0 Å². The standard InChI is InChI=1S/C13H22N3O/c1-16(2,3)8-6-15-7-9-17-13-10-11(14)4-5-12(13)15/h4-5,10H,6-9,14H2,1-3H3/q+1. The zero-order chi connectivity index (χ0) is 12.5. The van der Waals surface area contributed by atoms with Gasteiger partial charge in [0.25, 0.3) is 0 Å². The van der Waals surface area contributed by atoms with Crippen LogP contribution in [0.1, 0.15) is 0 Å². The number of anilines is 2. The molecule has 1 aliphatic heterocycles. The van der Waals surface area contributed by atoms with E-state index < -0.39 is 0 Å². The summed E-state index contributed by atoms with van der Waals surface area (Å²) >= 11 is 0. The van der Waals surface area contributed by atoms with Crippen molar-refractivity contribution in [2.75, 3.05) is 58.0 Å². The van der Waals surface area contributed by atoms with Crippen LogP contribution in [0.5, 0.6) is 5.75 Å². The van der Waals surface area contributed by atoms with Gasteiger partial charge in [0.15, 0.2) is 0 Å². The molecule has 0 amide bonds. The minimum Gasteiger partial charge on any atom is -0.489 e. The van der Waals surface area contributed by atoms with Crippen LogP contribution in [0.3, 0.4) is 0 Å². The quantitative estimate of drug-likeness (QED) is 0.632. The summed E-state index contributed by atoms with van der Waals surface area (Å²) in [5.41, 5.74) is 7.70. The van der Waals surface area contributed by atoms with Gasteiger partial charge in [-0.1, -0.05) is 0 Å². The summed E-state index contributed by atoms with van der Waals surface area (Å²) in [5.74, 6) is 0.914. The predicted octanol–water partition coefficient (Wildman–Crippen LogP) is 1.17. The molecule has 0 aromatic heterocycles. The maximum absolute atomic E-state index is 5.77. The minimum atomic E-state index is 0.744. The van der Waals surface area contributed by atoms with Gasteiger partial charge in [0, 0.05) is 11.8 Å². The smallest absolute Gasteiger partial charge is 0.144 e. The van der Waals surface area contributed by atoms with E-state index >= 15 is 0 Å². The average Bonchev–Trinajstić information content (AvgIpc) is 2.24. The van der Waals surface area contributed by atoms with E-state index in [2.05, 4.69) is 32.1 Å². The molecule has 0 fully saturated rings. The SMILES string of the molecule is C[N+](C)(C)CCN1CCOc2cc(N)ccc21. The Bertz CT molecular complexity index is 398. The summed E-state index contributed by atoms with van der Waals surface area (Å²) in [4.78, 5) is 2.38. The Hall–Kier alpha value is -1.42. The summed E-state index contributed by atoms with van der Waals surface area (Å²) < 4.78 is 6.61. The molecule has 0 radical (unpaired) electrons. The van der Waals surface area contributed by atoms with Gasteiger partial charge in [-0.15, -0.1) is 0 Å². The van der Waals surface area contributed by atoms with Gasteiger partial charge in [-0.25, -0.2) is 0 Å². The lowest BCUT2D eigenvalue weighted by Gasteiger charge is -2.34. The first-order valence-corrected chi connectivity index (χ1v) is 6.03. The molecule has 1 heterocycles. The van der Waals surface area contributed by atoms with Gasteiger partial charge in [0.1, 0.15) is 12.4 Å². The third kappa shape index (κ3) is 3.03. The number of quaternary nitrogens is 1. The number of ether oxygens (including phenoxy) is 1. The van der Waals surface area contributed by atoms with Crippen LogP contribution in [0.2, 0.25) is 0 Å². The fourth-order valence-electron chi connectivity index (χ4n) is 1.95. The Morgan fingerprint density at radius 3 is 2.82 bits per heavy atom. The highest BCUT2D eigenvalue weighted by molar-refractivity contribution is 5.65. The van der Waals surface area contributed by atoms with Crippen molar-refractivity contribution in [1.82, 2.24) is 0 Å². The first-order chi connectivity index (χ1) is 7.96. The van der Waals surface area contributed by atoms with E-state index in [1.165, 1.54) is 5.69 Å². The monoisotopic (exact) mass is 236 g/mol. The molecule has 4 nitrogen and oxygen atoms in total. The molecule has 1 aromatic rings. The van der Waals surface area contributed by atoms with Crippen LogP contribution < -0.4 is 15.4 Å². The van der Waals surface area contributed by atoms with E-state index in [1.807, 2.05) is 12.1 Å². The van der Waals surface area contributed by atoms with Crippen LogP contribution in [0.4, 0.5) is 11.4 Å². The first kappa shape index (κ1) is 12.0. The van der Waals surface area contributed by atoms with Gasteiger partial charge in [0.05, 0.1) is 46.5 Å². The molecule has 0 saturated heterocycles. The normalized spacial score (nSPS) is 15.4. The minimum absolute atomic E-state index is 0.744. The summed E-state index contributed by atoms with van der Waals surface area (Å²) in [6.45, 7) is 3.86. The fourth-order valence-corrected chi connectivity index (χ4v) is 1.95. The average molecular weight is 236 g/mol. The topological polar surface area (TPSA) is 38.5 Å². The molecular weight excluding hydrogens is 214 g/mol. The van der Waals surface area contributed by atoms with Gasteiger partial charge in [0.2, 0.25) is 0 Å². The van der Waals surface area contributed by atoms with Crippen LogP contribution >= 0.6 is 0 Å². The van der Waals surface area contributed by atoms with Crippen molar-refractivity contribution in [3.63, 3.8) is 0 Å². The Kier molecular flexibility index (Phi) is 3.15. The molecule has 0 aliphatic carbocycles. The molecule has 2 rings (SSSR count). The second-order valence-electron chi connectivity index (χ2n) is 5.58. The molecule has 1 aliphatic rings. The maximum Gasteiger partial charge on any atom is 0.144 e. The number of likely N-dealkylation sites (N-methyl/N-ethyl adjacent to an activating group) is 1. The van der Waals surface area contributed by atoms with Crippen molar-refractivity contribution < 1.29 is 9.22 Å². The van der Waals surface area contributed by atoms with Crippen molar-refractivity contribution in [2.24, 2.45) is 0 Å². The largest absolute Gasteiger partial charge is 0.489 e. The van der Waals surface area contributed by atoms with Crippen molar-refractivity contribution in [1.29, 1.82) is 0 Å². The summed E-state index contributed by atoms with van der Waals surface area (Å²) in [6.07, 6.45) is 0. The molecule has 0 unspecified atom stereocenters. The molecular formula is C13H22N3O+. The molecule has 4 heteroatoms. The Morgan fingerprint density at radius 2 is 2.12 bits per heavy atom. The Balaban J connectivity index is 2.12. The second-order valence-corrected chi connectivity index (χ2v) is 5.58. The van der Waals surface area contributed by atoms with E-state index in [-0.39, 0.29) is 0 Å². The van der Waals surface area contributed by atoms with Crippen LogP contribution in [-0.2, 0) is 0 Å². The lowest BCUT2D eigenvalue weighted by atomic mass is 10.2. The van der Waals surface area contributed by atoms with Crippen molar-refractivity contribution in [2.45, 2.75) is 0 Å². The number of nitrogens with two attached hydrogens (primary N) is 1. The summed E-state index contributed by atoms with van der Waals surface area (Å²) in [7, 11) is 6.64. The number of hydrogen-bond donors (Lipinski definition) is 1. The van der Waals surface area contributed by atoms with Crippen LogP contribution in [0, 0.1) is 0 Å². The Labute approximate surface area is 103 Å². The van der Waals surface area contributed by atoms with Gasteiger partial charge < -0.3 is 19.9 Å². The molecule has 1 aromatic carbocycles. The van der Waals surface area contributed by atoms with Crippen LogP contribution in [0.15, 0.2) is 18.2 Å². The maximum atomic E-state index is 5.77. The number of benzene rings is 1. The predicted molar refractivity (Wildman–Crippen MR) is 71.5 cm³/mol. The van der Waals surface area contributed by atoms with E-state index in [4.69, 9.17) is 10.5 Å². The highest BCUT2D eigenvalue weighted by atomic mass is 16.5. The fraction of sp³-hybridized carbons (Fsp3) is 0.538. The molecule has 94 valence electrons. The van der Waals surface area contributed by atoms with Gasteiger partial charge in [-0.2, -0.15) is 0 Å². The Morgan fingerprint density at radius 1 is 1.35 bits per heavy atom. The highest BCUT2D eigenvalue weighted by Gasteiger charge is 2.20. The van der Waals surface area contributed by atoms with Gasteiger partial charge >= 0.3 is 0 Å². The van der Waals surface area contributed by atoms with E-state index in [0.717, 1.165) is 42.2 Å². The lowest BCUT2D eigenvalue weighted by molar-refractivity contribution is -0.868. The van der Waals surface area contributed by atoms with E-state index in [9.17, 15) is 0 Å². The number of nitrogens with zero attached hydrogens (tertiary/aromatic N) is 2. The van der Waals surface area contributed by atoms with Crippen molar-refractivity contribution in [3.05, 3.63) is 18.2 Å². The number of hydrogen-bond acceptors (Lipinski definition) is 3. The first-order valence-electron chi connectivity index (χ1n) is 6.03. The summed E-state index contributed by atoms with van der Waals surface area (Å²) in [6, 6.07) is 5.90. The third-order valence-electron chi connectivity index (χ3n) is 2.98. The molecule has 0 saturated carbocycles. The number of nitrogen functional groups attached to an aromatic ring is 1. The van der Waals surface area contributed by atoms with Crippen molar-refractivity contribution in [3.8, 4) is 5.75 Å². The zero-order valence-corrected chi connectivity index (χ0v) is 10.9. The van der Waals surface area contributed by atoms with Crippen LogP contribution in [-0.4, -0.2) is 51.9 Å². The highest BCUT2D eigenvalue weighted by Crippen LogP contribution is 2.32. The third-order valence-corrected chi connectivity index (χ3v) is 2.98.